The van der Waals surface area contributed by atoms with Gasteiger partial charge in [0.2, 0.25) is 5.91 Å². The number of aliphatic hydroxyl groups is 1. The minimum absolute atomic E-state index is 0.0249. The Morgan fingerprint density at radius 2 is 2.27 bits per heavy atom. The zero-order chi connectivity index (χ0) is 16.4. The second-order valence-corrected chi connectivity index (χ2v) is 6.30. The fourth-order valence-electron chi connectivity index (χ4n) is 2.79. The number of hydrogen-bond donors (Lipinski definition) is 2. The second kappa shape index (κ2) is 6.66. The number of oxime groups is 1. The third-order valence-electron chi connectivity index (χ3n) is 3.82. The number of halogens is 1. The van der Waals surface area contributed by atoms with Crippen LogP contribution in [0.2, 0.25) is 0 Å². The van der Waals surface area contributed by atoms with Crippen LogP contribution in [0.4, 0.5) is 0 Å². The molecule has 1 aromatic heterocycles. The van der Waals surface area contributed by atoms with Crippen molar-refractivity contribution in [3.8, 4) is 0 Å². The Balaban J connectivity index is 2.30. The van der Waals surface area contributed by atoms with Gasteiger partial charge in [0.15, 0.2) is 5.17 Å². The summed E-state index contributed by atoms with van der Waals surface area (Å²) >= 11 is 5.87. The summed E-state index contributed by atoms with van der Waals surface area (Å²) in [6, 6.07) is 1.10. The van der Waals surface area contributed by atoms with E-state index >= 15 is 0 Å². The zero-order valence-corrected chi connectivity index (χ0v) is 13.5. The van der Waals surface area contributed by atoms with Crippen molar-refractivity contribution in [2.45, 2.75) is 45.3 Å². The van der Waals surface area contributed by atoms with E-state index in [9.17, 15) is 9.90 Å². The summed E-state index contributed by atoms with van der Waals surface area (Å²) in [6.45, 7) is 5.74. The summed E-state index contributed by atoms with van der Waals surface area (Å²) in [7, 11) is 0. The molecule has 0 radical (unpaired) electrons. The van der Waals surface area contributed by atoms with Crippen LogP contribution in [0.1, 0.15) is 37.6 Å². The first kappa shape index (κ1) is 16.8. The van der Waals surface area contributed by atoms with Crippen molar-refractivity contribution in [3.05, 3.63) is 17.5 Å². The SMILES string of the molecule is Cc1cc(C(C(=O)N2C[C@H](O)C[C@H]2C(Cl)=NO)C(C)C)on1. The van der Waals surface area contributed by atoms with E-state index in [0.29, 0.717) is 11.5 Å². The highest BCUT2D eigenvalue weighted by molar-refractivity contribution is 6.66. The number of β-amino-alcohol motifs (C(OH)–C–C–N with tert-alkyl or cyclic N) is 1. The molecule has 2 rings (SSSR count). The molecule has 1 saturated heterocycles. The maximum atomic E-state index is 12.9. The largest absolute Gasteiger partial charge is 0.410 e. The molecule has 0 bridgehead atoms. The quantitative estimate of drug-likeness (QED) is 0.497. The van der Waals surface area contributed by atoms with Crippen LogP contribution in [-0.4, -0.2) is 50.1 Å². The van der Waals surface area contributed by atoms with Gasteiger partial charge in [0.1, 0.15) is 11.7 Å². The number of aryl methyl sites for hydroxylation is 1. The number of carbonyl (C=O) groups is 1. The Labute approximate surface area is 133 Å². The van der Waals surface area contributed by atoms with Crippen LogP contribution in [0.3, 0.4) is 0 Å². The highest BCUT2D eigenvalue weighted by Gasteiger charge is 2.42. The third-order valence-corrected chi connectivity index (χ3v) is 4.15. The minimum atomic E-state index is -0.700. The van der Waals surface area contributed by atoms with Gasteiger partial charge in [-0.3, -0.25) is 4.79 Å². The lowest BCUT2D eigenvalue weighted by atomic mass is 9.91. The van der Waals surface area contributed by atoms with Gasteiger partial charge in [-0.1, -0.05) is 35.8 Å². The highest BCUT2D eigenvalue weighted by Crippen LogP contribution is 2.31. The fraction of sp³-hybridized carbons (Fsp3) is 0.643. The number of rotatable bonds is 4. The van der Waals surface area contributed by atoms with Gasteiger partial charge in [-0.05, 0) is 12.8 Å². The molecule has 1 aromatic rings. The van der Waals surface area contributed by atoms with E-state index in [2.05, 4.69) is 10.3 Å². The van der Waals surface area contributed by atoms with Gasteiger partial charge in [0, 0.05) is 19.0 Å². The smallest absolute Gasteiger partial charge is 0.234 e. The number of aromatic nitrogens is 1. The first-order chi connectivity index (χ1) is 10.3. The summed E-state index contributed by atoms with van der Waals surface area (Å²) in [5, 5.41) is 25.4. The van der Waals surface area contributed by atoms with Crippen molar-refractivity contribution in [2.75, 3.05) is 6.54 Å². The summed E-state index contributed by atoms with van der Waals surface area (Å²) in [6.07, 6.45) is -0.455. The molecular weight excluding hydrogens is 310 g/mol. The summed E-state index contributed by atoms with van der Waals surface area (Å²) in [5.41, 5.74) is 0.696. The van der Waals surface area contributed by atoms with Crippen LogP contribution in [0.5, 0.6) is 0 Å². The van der Waals surface area contributed by atoms with E-state index in [1.165, 1.54) is 4.90 Å². The van der Waals surface area contributed by atoms with Crippen LogP contribution in [0.25, 0.3) is 0 Å². The standard InChI is InChI=1S/C14H20ClN3O4/c1-7(2)12(11-4-8(3)17-22-11)14(20)18-6-9(19)5-10(18)13(15)16-21/h4,7,9-10,12,19,21H,5-6H2,1-3H3/t9-,10+,12?/m1/s1. The number of hydrogen-bond acceptors (Lipinski definition) is 6. The maximum absolute atomic E-state index is 12.9. The van der Waals surface area contributed by atoms with Gasteiger partial charge in [-0.25, -0.2) is 0 Å². The van der Waals surface area contributed by atoms with Gasteiger partial charge in [0.05, 0.1) is 17.8 Å². The molecule has 1 amide bonds. The summed E-state index contributed by atoms with van der Waals surface area (Å²) in [4.78, 5) is 14.3. The van der Waals surface area contributed by atoms with Crippen molar-refractivity contribution >= 4 is 22.7 Å². The van der Waals surface area contributed by atoms with Gasteiger partial charge in [-0.15, -0.1) is 0 Å². The first-order valence-corrected chi connectivity index (χ1v) is 7.52. The van der Waals surface area contributed by atoms with Gasteiger partial charge in [0.25, 0.3) is 0 Å². The van der Waals surface area contributed by atoms with Crippen molar-refractivity contribution in [1.82, 2.24) is 10.1 Å². The molecule has 2 heterocycles. The highest BCUT2D eigenvalue weighted by atomic mass is 35.5. The molecule has 7 nitrogen and oxygen atoms in total. The first-order valence-electron chi connectivity index (χ1n) is 7.14. The Morgan fingerprint density at radius 3 is 2.77 bits per heavy atom. The molecule has 1 fully saturated rings. The topological polar surface area (TPSA) is 99.2 Å². The van der Waals surface area contributed by atoms with E-state index in [-0.39, 0.29) is 30.0 Å². The predicted molar refractivity (Wildman–Crippen MR) is 80.0 cm³/mol. The molecule has 1 aliphatic rings. The summed E-state index contributed by atoms with van der Waals surface area (Å²) in [5.74, 6) is -0.301. The van der Waals surface area contributed by atoms with Crippen LogP contribution >= 0.6 is 11.6 Å². The molecule has 3 atom stereocenters. The molecule has 0 aromatic carbocycles. The minimum Gasteiger partial charge on any atom is -0.410 e. The monoisotopic (exact) mass is 329 g/mol. The van der Waals surface area contributed by atoms with Gasteiger partial charge >= 0.3 is 0 Å². The molecule has 8 heteroatoms. The third kappa shape index (κ3) is 3.25. The Kier molecular flexibility index (Phi) is 5.08. The fourth-order valence-corrected chi connectivity index (χ4v) is 3.00. The van der Waals surface area contributed by atoms with Crippen LogP contribution in [-0.2, 0) is 4.79 Å². The Bertz CT molecular complexity index is 572. The van der Waals surface area contributed by atoms with E-state index in [0.717, 1.165) is 0 Å². The average molecular weight is 330 g/mol. The van der Waals surface area contributed by atoms with E-state index in [1.807, 2.05) is 13.8 Å². The van der Waals surface area contributed by atoms with Crippen LogP contribution in [0.15, 0.2) is 15.7 Å². The normalized spacial score (nSPS) is 24.1. The van der Waals surface area contributed by atoms with Crippen molar-refractivity contribution in [2.24, 2.45) is 11.1 Å². The molecule has 22 heavy (non-hydrogen) atoms. The van der Waals surface area contributed by atoms with Crippen LogP contribution in [0, 0.1) is 12.8 Å². The van der Waals surface area contributed by atoms with Gasteiger partial charge < -0.3 is 19.7 Å². The Hall–Kier alpha value is -1.60. The molecule has 2 N–H and O–H groups in total. The molecule has 1 aliphatic heterocycles. The second-order valence-electron chi connectivity index (χ2n) is 5.91. The molecular formula is C14H20ClN3O4. The predicted octanol–water partition coefficient (Wildman–Crippen LogP) is 1.71. The molecule has 122 valence electrons. The lowest BCUT2D eigenvalue weighted by molar-refractivity contribution is -0.134. The summed E-state index contributed by atoms with van der Waals surface area (Å²) < 4.78 is 5.24. The molecule has 0 aliphatic carbocycles. The van der Waals surface area contributed by atoms with Crippen LogP contribution < -0.4 is 0 Å². The number of likely N-dealkylation sites (tertiary alicyclic amines) is 1. The maximum Gasteiger partial charge on any atom is 0.234 e. The van der Waals surface area contributed by atoms with E-state index in [4.69, 9.17) is 21.3 Å². The lowest BCUT2D eigenvalue weighted by Crippen LogP contribution is -2.43. The average Bonchev–Trinajstić information content (AvgIpc) is 3.04. The number of carbonyl (C=O) groups excluding carboxylic acids is 1. The Morgan fingerprint density at radius 1 is 1.59 bits per heavy atom. The van der Waals surface area contributed by atoms with E-state index in [1.54, 1.807) is 13.0 Å². The van der Waals surface area contributed by atoms with Gasteiger partial charge in [-0.2, -0.15) is 0 Å². The number of aliphatic hydroxyl groups excluding tert-OH is 1. The van der Waals surface area contributed by atoms with E-state index < -0.39 is 18.1 Å². The number of nitrogens with zero attached hydrogens (tertiary/aromatic N) is 3. The molecule has 0 saturated carbocycles. The van der Waals surface area contributed by atoms with Crippen molar-refractivity contribution in [1.29, 1.82) is 0 Å². The molecule has 0 spiro atoms. The van der Waals surface area contributed by atoms with Crippen molar-refractivity contribution in [3.63, 3.8) is 0 Å². The number of amides is 1. The van der Waals surface area contributed by atoms with Crippen molar-refractivity contribution < 1.29 is 19.6 Å². The molecule has 1 unspecified atom stereocenters. The zero-order valence-electron chi connectivity index (χ0n) is 12.7. The lowest BCUT2D eigenvalue weighted by Gasteiger charge is -2.28.